The molecule has 0 saturated heterocycles. The van der Waals surface area contributed by atoms with Crippen LogP contribution in [-0.4, -0.2) is 52.1 Å². The minimum Gasteiger partial charge on any atom is -0.458 e. The molecule has 0 aliphatic heterocycles. The first-order valence-electron chi connectivity index (χ1n) is 6.08. The van der Waals surface area contributed by atoms with Crippen LogP contribution in [0.15, 0.2) is 0 Å². The number of aliphatic hydroxyl groups is 1. The predicted molar refractivity (Wildman–Crippen MR) is 76.0 cm³/mol. The van der Waals surface area contributed by atoms with Crippen LogP contribution in [-0.2, 0) is 19.1 Å². The highest BCUT2D eigenvalue weighted by molar-refractivity contribution is 7.99. The van der Waals surface area contributed by atoms with Gasteiger partial charge in [0.15, 0.2) is 0 Å². The normalized spacial score (nSPS) is 14.2. The van der Waals surface area contributed by atoms with Gasteiger partial charge in [-0.3, -0.25) is 9.59 Å². The minimum atomic E-state index is -1.28. The number of hydrogen-bond acceptors (Lipinski definition) is 6. The maximum absolute atomic E-state index is 11.9. The van der Waals surface area contributed by atoms with E-state index in [2.05, 4.69) is 5.32 Å². The molecule has 0 aliphatic carbocycles. The van der Waals surface area contributed by atoms with Gasteiger partial charge in [-0.1, -0.05) is 0 Å². The van der Waals surface area contributed by atoms with Gasteiger partial charge in [-0.05, 0) is 20.8 Å². The van der Waals surface area contributed by atoms with Crippen molar-refractivity contribution in [2.24, 2.45) is 5.73 Å². The Hall–Kier alpha value is -1.28. The monoisotopic (exact) mass is 306 g/mol. The summed E-state index contributed by atoms with van der Waals surface area (Å²) in [6.45, 7) is 6.46. The lowest BCUT2D eigenvalue weighted by Crippen LogP contribution is -2.45. The van der Waals surface area contributed by atoms with E-state index in [9.17, 15) is 19.5 Å². The highest BCUT2D eigenvalue weighted by atomic mass is 32.2. The predicted octanol–water partition coefficient (Wildman–Crippen LogP) is -0.588. The summed E-state index contributed by atoms with van der Waals surface area (Å²) in [6.07, 6.45) is -1.28. The van der Waals surface area contributed by atoms with Crippen molar-refractivity contribution in [1.82, 2.24) is 5.32 Å². The lowest BCUT2D eigenvalue weighted by molar-refractivity contribution is -0.157. The molecule has 0 spiro atoms. The molecule has 2 amide bonds. The van der Waals surface area contributed by atoms with E-state index in [0.29, 0.717) is 0 Å². The van der Waals surface area contributed by atoms with Gasteiger partial charge in [-0.2, -0.15) is 11.8 Å². The zero-order chi connectivity index (χ0) is 15.9. The summed E-state index contributed by atoms with van der Waals surface area (Å²) >= 11 is 1.13. The van der Waals surface area contributed by atoms with Crippen LogP contribution in [0.25, 0.3) is 0 Å². The van der Waals surface area contributed by atoms with Crippen molar-refractivity contribution in [2.45, 2.75) is 45.4 Å². The number of hydrogen-bond donors (Lipinski definition) is 3. The molecule has 20 heavy (non-hydrogen) atoms. The number of esters is 1. The second-order valence-corrected chi connectivity index (χ2v) is 6.32. The lowest BCUT2D eigenvalue weighted by atomic mass is 10.2. The van der Waals surface area contributed by atoms with Crippen LogP contribution in [0, 0.1) is 0 Å². The van der Waals surface area contributed by atoms with Crippen molar-refractivity contribution in [3.63, 3.8) is 0 Å². The van der Waals surface area contributed by atoms with Gasteiger partial charge in [0.05, 0.1) is 0 Å². The number of carbonyl (C=O) groups is 3. The molecule has 0 aromatic heterocycles. The van der Waals surface area contributed by atoms with Gasteiger partial charge in [0.2, 0.25) is 11.8 Å². The number of aliphatic hydroxyl groups excluding tert-OH is 1. The van der Waals surface area contributed by atoms with Crippen LogP contribution in [0.1, 0.15) is 27.7 Å². The zero-order valence-electron chi connectivity index (χ0n) is 12.1. The molecule has 0 aliphatic rings. The van der Waals surface area contributed by atoms with E-state index >= 15 is 0 Å². The SMILES string of the molecule is CC(=O)N[C@H](CSCC(O)C(N)=O)C(=O)OC(C)(C)C. The number of nitrogens with one attached hydrogen (secondary N) is 1. The highest BCUT2D eigenvalue weighted by Crippen LogP contribution is 2.12. The zero-order valence-corrected chi connectivity index (χ0v) is 13.0. The molecule has 4 N–H and O–H groups in total. The third-order valence-corrected chi connectivity index (χ3v) is 3.08. The Bertz CT molecular complexity index is 367. The molecule has 8 heteroatoms. The highest BCUT2D eigenvalue weighted by Gasteiger charge is 2.26. The van der Waals surface area contributed by atoms with Crippen molar-refractivity contribution in [2.75, 3.05) is 11.5 Å². The molecule has 0 aromatic rings. The van der Waals surface area contributed by atoms with E-state index < -0.39 is 29.6 Å². The van der Waals surface area contributed by atoms with Gasteiger partial charge in [-0.15, -0.1) is 0 Å². The van der Waals surface area contributed by atoms with E-state index in [1.807, 2.05) is 0 Å². The number of ether oxygens (including phenoxy) is 1. The van der Waals surface area contributed by atoms with Crippen LogP contribution in [0.4, 0.5) is 0 Å². The Morgan fingerprint density at radius 2 is 1.85 bits per heavy atom. The van der Waals surface area contributed by atoms with Gasteiger partial charge < -0.3 is 20.9 Å². The first-order chi connectivity index (χ1) is 9.03. The van der Waals surface area contributed by atoms with Crippen LogP contribution < -0.4 is 11.1 Å². The number of carbonyl (C=O) groups excluding carboxylic acids is 3. The summed E-state index contributed by atoms with van der Waals surface area (Å²) in [5, 5.41) is 11.7. The fraction of sp³-hybridized carbons (Fsp3) is 0.750. The van der Waals surface area contributed by atoms with Crippen molar-refractivity contribution in [3.8, 4) is 0 Å². The van der Waals surface area contributed by atoms with E-state index in [-0.39, 0.29) is 17.4 Å². The Balaban J connectivity index is 4.46. The van der Waals surface area contributed by atoms with Crippen molar-refractivity contribution in [3.05, 3.63) is 0 Å². The van der Waals surface area contributed by atoms with Crippen LogP contribution in [0.3, 0.4) is 0 Å². The summed E-state index contributed by atoms with van der Waals surface area (Å²) in [4.78, 5) is 33.6. The molecular formula is C12H22N2O5S. The molecule has 0 radical (unpaired) electrons. The maximum Gasteiger partial charge on any atom is 0.330 e. The van der Waals surface area contributed by atoms with E-state index in [0.717, 1.165) is 11.8 Å². The van der Waals surface area contributed by atoms with Gasteiger partial charge in [0.25, 0.3) is 0 Å². The van der Waals surface area contributed by atoms with Gasteiger partial charge in [-0.25, -0.2) is 4.79 Å². The Morgan fingerprint density at radius 3 is 2.25 bits per heavy atom. The molecule has 7 nitrogen and oxygen atoms in total. The van der Waals surface area contributed by atoms with E-state index in [1.165, 1.54) is 6.92 Å². The molecule has 0 saturated carbocycles. The molecular weight excluding hydrogens is 284 g/mol. The number of nitrogens with two attached hydrogens (primary N) is 1. The van der Waals surface area contributed by atoms with Gasteiger partial charge in [0.1, 0.15) is 17.7 Å². The Kier molecular flexibility index (Phi) is 7.59. The number of primary amides is 1. The van der Waals surface area contributed by atoms with Crippen LogP contribution in [0.5, 0.6) is 0 Å². The fourth-order valence-corrected chi connectivity index (χ4v) is 2.15. The molecule has 116 valence electrons. The molecule has 0 aromatic carbocycles. The van der Waals surface area contributed by atoms with Gasteiger partial charge >= 0.3 is 5.97 Å². The molecule has 0 fully saturated rings. The number of amides is 2. The lowest BCUT2D eigenvalue weighted by Gasteiger charge is -2.24. The average molecular weight is 306 g/mol. The first kappa shape index (κ1) is 18.7. The third-order valence-electron chi connectivity index (χ3n) is 1.96. The Labute approximate surface area is 122 Å². The molecule has 1 unspecified atom stereocenters. The number of rotatable bonds is 7. The number of thioether (sulfide) groups is 1. The average Bonchev–Trinajstić information content (AvgIpc) is 2.24. The summed E-state index contributed by atoms with van der Waals surface area (Å²) in [7, 11) is 0. The van der Waals surface area contributed by atoms with Gasteiger partial charge in [0, 0.05) is 18.4 Å². The molecule has 0 bridgehead atoms. The van der Waals surface area contributed by atoms with Crippen LogP contribution in [0.2, 0.25) is 0 Å². The topological polar surface area (TPSA) is 119 Å². The summed E-state index contributed by atoms with van der Waals surface area (Å²) in [6, 6.07) is -0.836. The second kappa shape index (κ2) is 8.11. The maximum atomic E-state index is 11.9. The fourth-order valence-electron chi connectivity index (χ4n) is 1.17. The third kappa shape index (κ3) is 8.76. The van der Waals surface area contributed by atoms with Crippen molar-refractivity contribution < 1.29 is 24.2 Å². The Morgan fingerprint density at radius 1 is 1.30 bits per heavy atom. The summed E-state index contributed by atoms with van der Waals surface area (Å²) < 4.78 is 5.18. The molecule has 2 atom stereocenters. The quantitative estimate of drug-likeness (QED) is 0.541. The van der Waals surface area contributed by atoms with E-state index in [4.69, 9.17) is 10.5 Å². The summed E-state index contributed by atoms with van der Waals surface area (Å²) in [5.41, 5.74) is 4.25. The second-order valence-electron chi connectivity index (χ2n) is 5.24. The largest absolute Gasteiger partial charge is 0.458 e. The standard InChI is InChI=1S/C12H22N2O5S/c1-7(15)14-8(11(18)19-12(2,3)4)5-20-6-9(16)10(13)17/h8-9,16H,5-6H2,1-4H3,(H2,13,17)(H,14,15)/t8-,9?/m1/s1. The van der Waals surface area contributed by atoms with Crippen LogP contribution >= 0.6 is 11.8 Å². The van der Waals surface area contributed by atoms with E-state index in [1.54, 1.807) is 20.8 Å². The van der Waals surface area contributed by atoms with Crippen molar-refractivity contribution >= 4 is 29.5 Å². The minimum absolute atomic E-state index is 0.0498. The molecule has 0 rings (SSSR count). The molecule has 0 heterocycles. The summed E-state index contributed by atoms with van der Waals surface area (Å²) in [5.74, 6) is -1.52. The smallest absolute Gasteiger partial charge is 0.330 e. The van der Waals surface area contributed by atoms with Crippen molar-refractivity contribution in [1.29, 1.82) is 0 Å². The first-order valence-corrected chi connectivity index (χ1v) is 7.23.